The largest absolute Gasteiger partial charge is 0.147 e. The molecule has 0 nitrogen and oxygen atoms in total. The maximum absolute atomic E-state index is 6.35. The van der Waals surface area contributed by atoms with Gasteiger partial charge in [0.2, 0.25) is 0 Å². The summed E-state index contributed by atoms with van der Waals surface area (Å²) in [5, 5.41) is 0.817. The molecule has 2 aliphatic rings. The third kappa shape index (κ3) is 4.80. The van der Waals surface area contributed by atoms with Crippen molar-refractivity contribution in [2.24, 2.45) is 5.92 Å². The van der Waals surface area contributed by atoms with E-state index in [1.54, 1.807) is 22.3 Å². The van der Waals surface area contributed by atoms with Crippen LogP contribution in [0.5, 0.6) is 0 Å². The van der Waals surface area contributed by atoms with Gasteiger partial charge in [0, 0.05) is 0 Å². The van der Waals surface area contributed by atoms with Gasteiger partial charge in [-0.25, -0.2) is 0 Å². The molecule has 0 fully saturated rings. The molecule has 0 saturated carbocycles. The van der Waals surface area contributed by atoms with Crippen LogP contribution in [-0.2, 0) is 20.4 Å². The average Bonchev–Trinajstić information content (AvgIpc) is 3.16. The van der Waals surface area contributed by atoms with Crippen molar-refractivity contribution in [2.45, 2.75) is 44.4 Å². The van der Waals surface area contributed by atoms with Crippen molar-refractivity contribution in [3.63, 3.8) is 0 Å². The van der Waals surface area contributed by atoms with E-state index < -0.39 is 20.4 Å². The molecule has 4 rings (SSSR count). The molecular weight excluding hydrogens is 538 g/mol. The Balaban J connectivity index is 0.00000171. The maximum Gasteiger partial charge on any atom is -0.147 e. The minimum absolute atomic E-state index is 0. The average molecular weight is 569 g/mol. The summed E-state index contributed by atoms with van der Waals surface area (Å²) in [6, 6.07) is 17.5. The monoisotopic (exact) mass is 566 g/mol. The molecule has 0 radical (unpaired) electrons. The van der Waals surface area contributed by atoms with E-state index >= 15 is 0 Å². The van der Waals surface area contributed by atoms with Crippen molar-refractivity contribution in [1.82, 2.24) is 0 Å². The Morgan fingerprint density at radius 1 is 0.903 bits per heavy atom. The molecule has 2 aliphatic carbocycles. The van der Waals surface area contributed by atoms with Gasteiger partial charge < -0.3 is 0 Å². The third-order valence-corrected chi connectivity index (χ3v) is 25.6. The van der Waals surface area contributed by atoms with Crippen molar-refractivity contribution in [2.75, 3.05) is 0 Å². The molecule has 5 heteroatoms. The summed E-state index contributed by atoms with van der Waals surface area (Å²) >= 11 is 4.42. The van der Waals surface area contributed by atoms with E-state index in [4.69, 9.17) is 11.6 Å². The second kappa shape index (κ2) is 10.7. The fourth-order valence-corrected chi connectivity index (χ4v) is 24.9. The van der Waals surface area contributed by atoms with Gasteiger partial charge in [-0.3, -0.25) is 0 Å². The molecule has 0 N–H and O–H groups in total. The number of allylic oxidation sites excluding steroid dienone is 5. The quantitative estimate of drug-likeness (QED) is 0.325. The summed E-state index contributed by atoms with van der Waals surface area (Å²) in [6.07, 6.45) is 2.62. The molecule has 0 aromatic heterocycles. The van der Waals surface area contributed by atoms with E-state index in [9.17, 15) is 0 Å². The standard InChI is InChI=1S/C15H10Cl.C9H13.C2H6Si.2ClH.Zr/c16-13-6-3-5-12(10-13)15-9-8-11-4-1-2-7-14(11)15;1-6-5-7(2)9(4)8(6)3;1-3-2;;;/h1-10H;6H,1-4H3;1-2H3;2*1H;. The second-order valence-electron chi connectivity index (χ2n) is 8.64. The number of hydrogen-bond donors (Lipinski definition) is 0. The summed E-state index contributed by atoms with van der Waals surface area (Å²) < 4.78 is 2.52. The Hall–Kier alpha value is -0.370. The minimum atomic E-state index is -1.93. The number of rotatable bonds is 3. The van der Waals surface area contributed by atoms with Gasteiger partial charge in [-0.05, 0) is 0 Å². The molecule has 0 spiro atoms. The molecule has 0 heterocycles. The number of halogens is 3. The molecule has 0 saturated heterocycles. The van der Waals surface area contributed by atoms with Crippen molar-refractivity contribution in [3.8, 4) is 0 Å². The van der Waals surface area contributed by atoms with Gasteiger partial charge in [0.25, 0.3) is 0 Å². The number of benzene rings is 2. The Bertz CT molecular complexity index is 1140. The van der Waals surface area contributed by atoms with E-state index in [-0.39, 0.29) is 30.2 Å². The first-order valence-corrected chi connectivity index (χ1v) is 19.7. The van der Waals surface area contributed by atoms with Gasteiger partial charge in [0.05, 0.1) is 0 Å². The zero-order chi connectivity index (χ0) is 20.9. The second-order valence-corrected chi connectivity index (χ2v) is 26.5. The van der Waals surface area contributed by atoms with Crippen LogP contribution in [0, 0.1) is 5.92 Å². The van der Waals surface area contributed by atoms with Gasteiger partial charge in [-0.15, -0.1) is 24.8 Å². The van der Waals surface area contributed by atoms with Crippen LogP contribution in [-0.4, -0.2) is 5.43 Å². The molecule has 2 unspecified atom stereocenters. The Morgan fingerprint density at radius 2 is 1.58 bits per heavy atom. The Morgan fingerprint density at radius 3 is 2.16 bits per heavy atom. The predicted molar refractivity (Wildman–Crippen MR) is 140 cm³/mol. The first-order valence-electron chi connectivity index (χ1n) is 10.4. The Kier molecular flexibility index (Phi) is 9.28. The zero-order valence-corrected chi connectivity index (χ0v) is 24.9. The minimum Gasteiger partial charge on any atom is -0.147 e. The van der Waals surface area contributed by atoms with Gasteiger partial charge in [0.15, 0.2) is 0 Å². The smallest absolute Gasteiger partial charge is 0.147 e. The number of hydrogen-bond acceptors (Lipinski definition) is 0. The molecular formula is C26H31Cl3SiZr. The summed E-state index contributed by atoms with van der Waals surface area (Å²) in [5.41, 5.74) is 10.1. The molecule has 0 amide bonds. The summed E-state index contributed by atoms with van der Waals surface area (Å²) in [6.45, 7) is 14.7. The van der Waals surface area contributed by atoms with Crippen LogP contribution in [0.4, 0.5) is 0 Å². The Labute approximate surface area is 212 Å². The van der Waals surface area contributed by atoms with E-state index in [1.807, 2.05) is 9.35 Å². The zero-order valence-electron chi connectivity index (χ0n) is 19.0. The number of fused-ring (bicyclic) bond motifs is 1. The van der Waals surface area contributed by atoms with E-state index in [1.165, 1.54) is 16.7 Å². The van der Waals surface area contributed by atoms with Crippen LogP contribution in [0.25, 0.3) is 5.57 Å². The SMILES string of the molecule is CC1=C(C)C(C)[C]([Zr]([CH]2C=C(c3cccc(Cl)c3)c3ccccc32)=[Si](C)C)=C1C.Cl.Cl. The fourth-order valence-electron chi connectivity index (χ4n) is 5.05. The van der Waals surface area contributed by atoms with E-state index in [0.717, 1.165) is 5.02 Å². The first kappa shape index (κ1) is 26.9. The molecule has 2 atom stereocenters. The van der Waals surface area contributed by atoms with E-state index in [0.29, 0.717) is 9.54 Å². The third-order valence-electron chi connectivity index (χ3n) is 6.84. The molecule has 0 aliphatic heterocycles. The van der Waals surface area contributed by atoms with Gasteiger partial charge in [-0.2, -0.15) is 0 Å². The van der Waals surface area contributed by atoms with E-state index in [2.05, 4.69) is 89.3 Å². The summed E-state index contributed by atoms with van der Waals surface area (Å²) in [7, 11) is 0. The van der Waals surface area contributed by atoms with Crippen LogP contribution in [0.15, 0.2) is 74.6 Å². The van der Waals surface area contributed by atoms with Crippen LogP contribution in [0.2, 0.25) is 18.1 Å². The normalized spacial score (nSPS) is 19.5. The van der Waals surface area contributed by atoms with Crippen molar-refractivity contribution in [3.05, 3.63) is 96.3 Å². The van der Waals surface area contributed by atoms with Crippen LogP contribution in [0.1, 0.15) is 48.0 Å². The van der Waals surface area contributed by atoms with Crippen molar-refractivity contribution in [1.29, 1.82) is 0 Å². The van der Waals surface area contributed by atoms with Crippen molar-refractivity contribution < 1.29 is 20.4 Å². The molecule has 2 aromatic carbocycles. The maximum atomic E-state index is 6.35. The summed E-state index contributed by atoms with van der Waals surface area (Å²) in [4.78, 5) is 0. The topological polar surface area (TPSA) is 0 Å². The first-order chi connectivity index (χ1) is 13.8. The fraction of sp³-hybridized carbons (Fsp3) is 0.308. The van der Waals surface area contributed by atoms with Gasteiger partial charge >= 0.3 is 190 Å². The predicted octanol–water partition coefficient (Wildman–Crippen LogP) is 8.80. The van der Waals surface area contributed by atoms with Crippen LogP contribution >= 0.6 is 36.4 Å². The van der Waals surface area contributed by atoms with Gasteiger partial charge in [-0.1, -0.05) is 0 Å². The van der Waals surface area contributed by atoms with Gasteiger partial charge in [0.1, 0.15) is 0 Å². The van der Waals surface area contributed by atoms with Crippen molar-refractivity contribution >= 4 is 47.4 Å². The summed E-state index contributed by atoms with van der Waals surface area (Å²) in [5.74, 6) is 0.639. The molecule has 31 heavy (non-hydrogen) atoms. The molecule has 2 aromatic rings. The van der Waals surface area contributed by atoms with Crippen LogP contribution < -0.4 is 0 Å². The van der Waals surface area contributed by atoms with Crippen LogP contribution in [0.3, 0.4) is 0 Å². The molecule has 0 bridgehead atoms. The molecule has 164 valence electrons.